The molecule has 4 nitrogen and oxygen atoms in total. The monoisotopic (exact) mass is 351 g/mol. The van der Waals surface area contributed by atoms with E-state index in [1.165, 1.54) is 12.7 Å². The second-order valence-electron chi connectivity index (χ2n) is 6.60. The first-order valence-corrected chi connectivity index (χ1v) is 8.99. The van der Waals surface area contributed by atoms with Gasteiger partial charge in [0.05, 0.1) is 13.5 Å². The summed E-state index contributed by atoms with van der Waals surface area (Å²) in [4.78, 5) is 11.4. The molecule has 0 fully saturated rings. The van der Waals surface area contributed by atoms with E-state index in [1.807, 2.05) is 24.3 Å². The van der Waals surface area contributed by atoms with Gasteiger partial charge in [0.2, 0.25) is 0 Å². The molecule has 3 rings (SSSR count). The van der Waals surface area contributed by atoms with Crippen LogP contribution in [0.25, 0.3) is 11.0 Å². The fourth-order valence-corrected chi connectivity index (χ4v) is 3.05. The number of methoxy groups -OCH3 is 1. The van der Waals surface area contributed by atoms with Crippen LogP contribution in [0.5, 0.6) is 0 Å². The Morgan fingerprint density at radius 3 is 2.73 bits per heavy atom. The molecule has 1 heterocycles. The Morgan fingerprint density at radius 1 is 1.15 bits per heavy atom. The number of esters is 1. The van der Waals surface area contributed by atoms with Crippen molar-refractivity contribution < 1.29 is 13.9 Å². The van der Waals surface area contributed by atoms with Gasteiger partial charge in [0, 0.05) is 24.9 Å². The molecule has 4 heteroatoms. The molecular weight excluding hydrogens is 326 g/mol. The largest absolute Gasteiger partial charge is 0.469 e. The van der Waals surface area contributed by atoms with Crippen molar-refractivity contribution in [2.75, 3.05) is 20.2 Å². The number of nitrogens with one attached hydrogen (secondary N) is 1. The average molecular weight is 351 g/mol. The molecule has 0 bridgehead atoms. The number of rotatable bonds is 8. The summed E-state index contributed by atoms with van der Waals surface area (Å²) < 4.78 is 10.6. The first-order valence-electron chi connectivity index (χ1n) is 8.99. The molecule has 1 atom stereocenters. The minimum Gasteiger partial charge on any atom is -0.469 e. The van der Waals surface area contributed by atoms with E-state index in [1.54, 1.807) is 0 Å². The maximum Gasteiger partial charge on any atom is 0.309 e. The summed E-state index contributed by atoms with van der Waals surface area (Å²) in [5, 5.41) is 4.53. The number of carbonyl (C=O) groups excluding carboxylic acids is 1. The van der Waals surface area contributed by atoms with Crippen molar-refractivity contribution >= 4 is 16.9 Å². The Morgan fingerprint density at radius 2 is 1.96 bits per heavy atom. The van der Waals surface area contributed by atoms with E-state index >= 15 is 0 Å². The van der Waals surface area contributed by atoms with Crippen LogP contribution in [0.1, 0.15) is 29.7 Å². The lowest BCUT2D eigenvalue weighted by Gasteiger charge is -2.12. The quantitative estimate of drug-likeness (QED) is 0.491. The highest BCUT2D eigenvalue weighted by Crippen LogP contribution is 2.21. The molecule has 0 saturated heterocycles. The van der Waals surface area contributed by atoms with Gasteiger partial charge in [-0.15, -0.1) is 0 Å². The summed E-state index contributed by atoms with van der Waals surface area (Å²) in [7, 11) is 1.41. The smallest absolute Gasteiger partial charge is 0.309 e. The second-order valence-corrected chi connectivity index (χ2v) is 6.60. The number of ether oxygens (including phenoxy) is 1. The molecule has 0 spiro atoms. The van der Waals surface area contributed by atoms with Gasteiger partial charge in [0.1, 0.15) is 11.3 Å². The summed E-state index contributed by atoms with van der Waals surface area (Å²) in [6.07, 6.45) is 1.12. The van der Waals surface area contributed by atoms with Crippen molar-refractivity contribution in [3.05, 3.63) is 71.5 Å². The Bertz CT molecular complexity index is 854. The van der Waals surface area contributed by atoms with Crippen molar-refractivity contribution in [3.63, 3.8) is 0 Å². The molecule has 0 aliphatic carbocycles. The predicted molar refractivity (Wildman–Crippen MR) is 103 cm³/mol. The van der Waals surface area contributed by atoms with Gasteiger partial charge < -0.3 is 14.5 Å². The Kier molecular flexibility index (Phi) is 6.08. The van der Waals surface area contributed by atoms with Gasteiger partial charge in [-0.05, 0) is 35.2 Å². The number of hydrogen-bond donors (Lipinski definition) is 1. The molecule has 136 valence electrons. The average Bonchev–Trinajstić information content (AvgIpc) is 3.07. The highest BCUT2D eigenvalue weighted by molar-refractivity contribution is 5.81. The van der Waals surface area contributed by atoms with Crippen LogP contribution in [0, 0.1) is 0 Å². The molecule has 2 aromatic carbocycles. The van der Waals surface area contributed by atoms with Crippen LogP contribution in [-0.4, -0.2) is 26.2 Å². The van der Waals surface area contributed by atoms with E-state index in [0.717, 1.165) is 41.8 Å². The van der Waals surface area contributed by atoms with Crippen molar-refractivity contribution in [2.24, 2.45) is 0 Å². The maximum absolute atomic E-state index is 11.4. The molecule has 1 N–H and O–H groups in total. The van der Waals surface area contributed by atoms with Gasteiger partial charge in [-0.1, -0.05) is 43.3 Å². The molecule has 0 radical (unpaired) electrons. The number of furan rings is 1. The van der Waals surface area contributed by atoms with Crippen LogP contribution in [-0.2, 0) is 22.4 Å². The fraction of sp³-hybridized carbons (Fsp3) is 0.318. The van der Waals surface area contributed by atoms with Crippen LogP contribution in [0.4, 0.5) is 0 Å². The van der Waals surface area contributed by atoms with Gasteiger partial charge in [-0.25, -0.2) is 0 Å². The van der Waals surface area contributed by atoms with Crippen molar-refractivity contribution in [2.45, 2.75) is 25.7 Å². The molecule has 26 heavy (non-hydrogen) atoms. The molecule has 1 aromatic heterocycles. The molecule has 3 aromatic rings. The van der Waals surface area contributed by atoms with E-state index in [4.69, 9.17) is 9.15 Å². The first kappa shape index (κ1) is 18.2. The highest BCUT2D eigenvalue weighted by Gasteiger charge is 2.08. The summed E-state index contributed by atoms with van der Waals surface area (Å²) in [6, 6.07) is 18.4. The van der Waals surface area contributed by atoms with Gasteiger partial charge in [0.25, 0.3) is 0 Å². The molecule has 0 aliphatic rings. The van der Waals surface area contributed by atoms with Crippen LogP contribution >= 0.6 is 0 Å². The Hall–Kier alpha value is -2.59. The van der Waals surface area contributed by atoms with Crippen molar-refractivity contribution in [1.29, 1.82) is 0 Å². The summed E-state index contributed by atoms with van der Waals surface area (Å²) in [5.74, 6) is 1.20. The third kappa shape index (κ3) is 4.73. The summed E-state index contributed by atoms with van der Waals surface area (Å²) >= 11 is 0. The third-order valence-electron chi connectivity index (χ3n) is 4.58. The normalized spacial score (nSPS) is 12.2. The zero-order valence-corrected chi connectivity index (χ0v) is 15.3. The standard InChI is InChI=1S/C22H25NO3/c1-16(18-6-4-3-5-7-18)15-23-11-10-20-14-19-12-17(13-22(24)25-2)8-9-21(19)26-20/h3-9,12,14,16,23H,10-11,13,15H2,1-2H3/t16-/m1/s1. The zero-order valence-electron chi connectivity index (χ0n) is 15.3. The lowest BCUT2D eigenvalue weighted by molar-refractivity contribution is -0.139. The lowest BCUT2D eigenvalue weighted by atomic mass is 10.0. The summed E-state index contributed by atoms with van der Waals surface area (Å²) in [5.41, 5.74) is 3.14. The molecule has 0 amide bonds. The number of hydrogen-bond acceptors (Lipinski definition) is 4. The van der Waals surface area contributed by atoms with Crippen LogP contribution in [0.15, 0.2) is 59.0 Å². The van der Waals surface area contributed by atoms with E-state index in [9.17, 15) is 4.79 Å². The SMILES string of the molecule is COC(=O)Cc1ccc2oc(CCNC[C@@H](C)c3ccccc3)cc2c1. The van der Waals surface area contributed by atoms with Gasteiger partial charge in [-0.2, -0.15) is 0 Å². The molecule has 0 unspecified atom stereocenters. The number of carbonyl (C=O) groups is 1. The van der Waals surface area contributed by atoms with Crippen LogP contribution in [0.2, 0.25) is 0 Å². The fourth-order valence-electron chi connectivity index (χ4n) is 3.05. The van der Waals surface area contributed by atoms with Crippen LogP contribution in [0.3, 0.4) is 0 Å². The predicted octanol–water partition coefficient (Wildman–Crippen LogP) is 4.08. The van der Waals surface area contributed by atoms with Gasteiger partial charge in [-0.3, -0.25) is 4.79 Å². The van der Waals surface area contributed by atoms with E-state index < -0.39 is 0 Å². The second kappa shape index (κ2) is 8.68. The topological polar surface area (TPSA) is 51.5 Å². The van der Waals surface area contributed by atoms with Gasteiger partial charge in [0.15, 0.2) is 0 Å². The molecule has 0 aliphatic heterocycles. The van der Waals surface area contributed by atoms with E-state index in [0.29, 0.717) is 5.92 Å². The minimum atomic E-state index is -0.232. The number of fused-ring (bicyclic) bond motifs is 1. The van der Waals surface area contributed by atoms with Crippen molar-refractivity contribution in [1.82, 2.24) is 5.32 Å². The first-order chi connectivity index (χ1) is 12.7. The molecule has 0 saturated carbocycles. The minimum absolute atomic E-state index is 0.232. The zero-order chi connectivity index (χ0) is 18.4. The Balaban J connectivity index is 1.52. The van der Waals surface area contributed by atoms with Crippen molar-refractivity contribution in [3.8, 4) is 0 Å². The maximum atomic E-state index is 11.4. The third-order valence-corrected chi connectivity index (χ3v) is 4.58. The van der Waals surface area contributed by atoms with Gasteiger partial charge >= 0.3 is 5.97 Å². The summed E-state index contributed by atoms with van der Waals surface area (Å²) in [6.45, 7) is 4.03. The Labute approximate surface area is 154 Å². The van der Waals surface area contributed by atoms with Crippen LogP contribution < -0.4 is 5.32 Å². The van der Waals surface area contributed by atoms with E-state index in [-0.39, 0.29) is 12.4 Å². The molecular formula is C22H25NO3. The van der Waals surface area contributed by atoms with E-state index in [2.05, 4.69) is 42.6 Å². The highest BCUT2D eigenvalue weighted by atomic mass is 16.5. The number of benzene rings is 2. The lowest BCUT2D eigenvalue weighted by Crippen LogP contribution is -2.22.